The molecule has 1 aromatic carbocycles. The molecule has 0 heterocycles. The Morgan fingerprint density at radius 2 is 1.71 bits per heavy atom. The number of amides is 1. The van der Waals surface area contributed by atoms with Gasteiger partial charge in [0.2, 0.25) is 0 Å². The van der Waals surface area contributed by atoms with Gasteiger partial charge in [-0.05, 0) is 25.5 Å². The molecular formula is C14H16F3NO3. The van der Waals surface area contributed by atoms with Crippen molar-refractivity contribution < 1.29 is 27.5 Å². The molecule has 0 fully saturated rings. The van der Waals surface area contributed by atoms with Crippen LogP contribution in [-0.2, 0) is 9.53 Å². The highest BCUT2D eigenvalue weighted by Gasteiger charge is 2.22. The Labute approximate surface area is 120 Å². The number of benzene rings is 1. The third-order valence-electron chi connectivity index (χ3n) is 2.64. The van der Waals surface area contributed by atoms with Crippen molar-refractivity contribution in [1.29, 1.82) is 0 Å². The first kappa shape index (κ1) is 17.0. The minimum atomic E-state index is -1.64. The molecule has 7 heteroatoms. The molecule has 0 aliphatic heterocycles. The van der Waals surface area contributed by atoms with Gasteiger partial charge in [0.05, 0.1) is 6.61 Å². The van der Waals surface area contributed by atoms with Crippen LogP contribution in [-0.4, -0.2) is 36.5 Å². The lowest BCUT2D eigenvalue weighted by Crippen LogP contribution is -2.37. The first-order valence-corrected chi connectivity index (χ1v) is 6.50. The maximum atomic E-state index is 13.2. The molecule has 0 atom stereocenters. The average Bonchev–Trinajstić information content (AvgIpc) is 2.43. The van der Waals surface area contributed by atoms with E-state index in [2.05, 4.69) is 0 Å². The van der Waals surface area contributed by atoms with E-state index in [0.29, 0.717) is 18.6 Å². The maximum absolute atomic E-state index is 13.2. The van der Waals surface area contributed by atoms with Crippen LogP contribution in [0.4, 0.5) is 13.2 Å². The number of ether oxygens (including phenoxy) is 1. The zero-order chi connectivity index (χ0) is 16.0. The smallest absolute Gasteiger partial charge is 0.325 e. The molecule has 0 radical (unpaired) electrons. The summed E-state index contributed by atoms with van der Waals surface area (Å²) in [6.07, 6.45) is 0.539. The SMILES string of the molecule is CCCN(CC(=O)OCC)C(=O)c1cc(F)c(F)c(F)c1. The van der Waals surface area contributed by atoms with E-state index in [-0.39, 0.29) is 25.3 Å². The summed E-state index contributed by atoms with van der Waals surface area (Å²) in [5.41, 5.74) is -0.357. The van der Waals surface area contributed by atoms with E-state index < -0.39 is 29.3 Å². The number of nitrogens with zero attached hydrogens (tertiary/aromatic N) is 1. The van der Waals surface area contributed by atoms with Gasteiger partial charge in [-0.25, -0.2) is 13.2 Å². The van der Waals surface area contributed by atoms with Gasteiger partial charge in [0, 0.05) is 12.1 Å². The fourth-order valence-corrected chi connectivity index (χ4v) is 1.75. The highest BCUT2D eigenvalue weighted by atomic mass is 19.2. The van der Waals surface area contributed by atoms with Gasteiger partial charge in [-0.2, -0.15) is 0 Å². The summed E-state index contributed by atoms with van der Waals surface area (Å²) < 4.78 is 43.9. The van der Waals surface area contributed by atoms with Crippen molar-refractivity contribution in [3.8, 4) is 0 Å². The van der Waals surface area contributed by atoms with Crippen LogP contribution in [0.1, 0.15) is 30.6 Å². The van der Waals surface area contributed by atoms with Gasteiger partial charge in [-0.15, -0.1) is 0 Å². The van der Waals surface area contributed by atoms with Gasteiger partial charge in [0.1, 0.15) is 6.54 Å². The van der Waals surface area contributed by atoms with Crippen LogP contribution in [0.3, 0.4) is 0 Å². The van der Waals surface area contributed by atoms with E-state index in [9.17, 15) is 22.8 Å². The molecule has 1 amide bonds. The highest BCUT2D eigenvalue weighted by Crippen LogP contribution is 2.15. The fraction of sp³-hybridized carbons (Fsp3) is 0.429. The Bertz CT molecular complexity index is 511. The lowest BCUT2D eigenvalue weighted by atomic mass is 10.1. The van der Waals surface area contributed by atoms with E-state index in [4.69, 9.17) is 4.74 Å². The predicted molar refractivity (Wildman–Crippen MR) is 69.1 cm³/mol. The molecule has 0 saturated carbocycles. The van der Waals surface area contributed by atoms with Crippen LogP contribution in [0.25, 0.3) is 0 Å². The molecule has 0 unspecified atom stereocenters. The quantitative estimate of drug-likeness (QED) is 0.599. The Morgan fingerprint density at radius 3 is 2.19 bits per heavy atom. The molecule has 1 rings (SSSR count). The first-order chi connectivity index (χ1) is 9.90. The van der Waals surface area contributed by atoms with Crippen LogP contribution in [0.15, 0.2) is 12.1 Å². The monoisotopic (exact) mass is 303 g/mol. The zero-order valence-electron chi connectivity index (χ0n) is 11.8. The third kappa shape index (κ3) is 4.47. The van der Waals surface area contributed by atoms with E-state index in [0.717, 1.165) is 4.90 Å². The minimum absolute atomic E-state index is 0.160. The largest absolute Gasteiger partial charge is 0.465 e. The minimum Gasteiger partial charge on any atom is -0.465 e. The van der Waals surface area contributed by atoms with Gasteiger partial charge >= 0.3 is 5.97 Å². The normalized spacial score (nSPS) is 10.3. The van der Waals surface area contributed by atoms with E-state index >= 15 is 0 Å². The predicted octanol–water partition coefficient (Wildman–Crippen LogP) is 2.52. The Hall–Kier alpha value is -2.05. The Kier molecular flexibility index (Phi) is 6.20. The zero-order valence-corrected chi connectivity index (χ0v) is 11.8. The molecule has 0 aliphatic carbocycles. The molecule has 116 valence electrons. The number of halogens is 3. The number of hydrogen-bond acceptors (Lipinski definition) is 3. The molecule has 21 heavy (non-hydrogen) atoms. The summed E-state index contributed by atoms with van der Waals surface area (Å²) in [6.45, 7) is 3.43. The van der Waals surface area contributed by atoms with Gasteiger partial charge in [-0.3, -0.25) is 9.59 Å². The fourth-order valence-electron chi connectivity index (χ4n) is 1.75. The Morgan fingerprint density at radius 1 is 1.14 bits per heavy atom. The van der Waals surface area contributed by atoms with Crippen molar-refractivity contribution in [2.45, 2.75) is 20.3 Å². The average molecular weight is 303 g/mol. The van der Waals surface area contributed by atoms with Crippen molar-refractivity contribution in [2.75, 3.05) is 19.7 Å². The van der Waals surface area contributed by atoms with Crippen molar-refractivity contribution in [3.05, 3.63) is 35.1 Å². The van der Waals surface area contributed by atoms with Crippen LogP contribution in [0, 0.1) is 17.5 Å². The Balaban J connectivity index is 2.97. The molecule has 0 aromatic heterocycles. The first-order valence-electron chi connectivity index (χ1n) is 6.50. The van der Waals surface area contributed by atoms with Crippen LogP contribution >= 0.6 is 0 Å². The van der Waals surface area contributed by atoms with Crippen molar-refractivity contribution >= 4 is 11.9 Å². The molecule has 4 nitrogen and oxygen atoms in total. The van der Waals surface area contributed by atoms with Crippen molar-refractivity contribution in [1.82, 2.24) is 4.90 Å². The van der Waals surface area contributed by atoms with Crippen molar-refractivity contribution in [3.63, 3.8) is 0 Å². The molecule has 0 aliphatic rings. The lowest BCUT2D eigenvalue weighted by Gasteiger charge is -2.21. The molecule has 0 N–H and O–H groups in total. The number of rotatable bonds is 6. The van der Waals surface area contributed by atoms with E-state index in [1.807, 2.05) is 0 Å². The standard InChI is InChI=1S/C14H16F3NO3/c1-3-5-18(8-12(19)21-4-2)14(20)9-6-10(15)13(17)11(16)7-9/h6-7H,3-5,8H2,1-2H3. The summed E-state index contributed by atoms with van der Waals surface area (Å²) in [7, 11) is 0. The highest BCUT2D eigenvalue weighted by molar-refractivity contribution is 5.96. The second kappa shape index (κ2) is 7.66. The topological polar surface area (TPSA) is 46.6 Å². The number of hydrogen-bond donors (Lipinski definition) is 0. The number of esters is 1. The third-order valence-corrected chi connectivity index (χ3v) is 2.64. The molecule has 1 aromatic rings. The maximum Gasteiger partial charge on any atom is 0.325 e. The van der Waals surface area contributed by atoms with E-state index in [1.165, 1.54) is 0 Å². The van der Waals surface area contributed by atoms with E-state index in [1.54, 1.807) is 13.8 Å². The van der Waals surface area contributed by atoms with Crippen LogP contribution in [0.5, 0.6) is 0 Å². The molecule has 0 bridgehead atoms. The van der Waals surface area contributed by atoms with Gasteiger partial charge in [0.15, 0.2) is 17.5 Å². The summed E-state index contributed by atoms with van der Waals surface area (Å²) in [6, 6.07) is 1.21. The molecule has 0 saturated heterocycles. The number of carbonyl (C=O) groups is 2. The van der Waals surface area contributed by atoms with Gasteiger partial charge < -0.3 is 9.64 Å². The molecule has 0 spiro atoms. The molecular weight excluding hydrogens is 287 g/mol. The van der Waals surface area contributed by atoms with Crippen molar-refractivity contribution in [2.24, 2.45) is 0 Å². The summed E-state index contributed by atoms with van der Waals surface area (Å²) in [5.74, 6) is -5.93. The summed E-state index contributed by atoms with van der Waals surface area (Å²) >= 11 is 0. The number of carbonyl (C=O) groups excluding carboxylic acids is 2. The van der Waals surface area contributed by atoms with Crippen LogP contribution in [0.2, 0.25) is 0 Å². The lowest BCUT2D eigenvalue weighted by molar-refractivity contribution is -0.143. The van der Waals surface area contributed by atoms with Crippen LogP contribution < -0.4 is 0 Å². The summed E-state index contributed by atoms with van der Waals surface area (Å²) in [4.78, 5) is 24.7. The van der Waals surface area contributed by atoms with Gasteiger partial charge in [0.25, 0.3) is 5.91 Å². The second-order valence-electron chi connectivity index (χ2n) is 4.29. The summed E-state index contributed by atoms with van der Waals surface area (Å²) in [5, 5.41) is 0. The van der Waals surface area contributed by atoms with Gasteiger partial charge in [-0.1, -0.05) is 6.92 Å². The second-order valence-corrected chi connectivity index (χ2v) is 4.29.